The van der Waals surface area contributed by atoms with Gasteiger partial charge in [-0.05, 0) is 18.9 Å². The molecule has 4 nitrogen and oxygen atoms in total. The summed E-state index contributed by atoms with van der Waals surface area (Å²) in [4.78, 5) is 11.0. The molecule has 1 aromatic carbocycles. The second kappa shape index (κ2) is 6.26. The van der Waals surface area contributed by atoms with E-state index >= 15 is 0 Å². The Morgan fingerprint density at radius 1 is 1.58 bits per heavy atom. The van der Waals surface area contributed by atoms with E-state index in [-0.39, 0.29) is 18.4 Å². The lowest BCUT2D eigenvalue weighted by Gasteiger charge is -2.15. The maximum absolute atomic E-state index is 11.0. The van der Waals surface area contributed by atoms with Crippen molar-refractivity contribution >= 4 is 17.5 Å². The van der Waals surface area contributed by atoms with Crippen molar-refractivity contribution < 1.29 is 9.53 Å². The van der Waals surface area contributed by atoms with Gasteiger partial charge in [0, 0.05) is 18.2 Å². The second-order valence-electron chi connectivity index (χ2n) is 5.00. The third kappa shape index (κ3) is 4.11. The van der Waals surface area contributed by atoms with Crippen molar-refractivity contribution in [2.24, 2.45) is 11.7 Å². The lowest BCUT2D eigenvalue weighted by molar-refractivity contribution is -0.122. The summed E-state index contributed by atoms with van der Waals surface area (Å²) in [6, 6.07) is 6.28. The van der Waals surface area contributed by atoms with Crippen molar-refractivity contribution in [3.05, 3.63) is 28.8 Å². The third-order valence-electron chi connectivity index (χ3n) is 3.17. The molecule has 0 saturated heterocycles. The SMILES string of the molecule is CC(COc1c(Cl)cccc1CNC1CC1)C(N)=O. The van der Waals surface area contributed by atoms with E-state index in [1.807, 2.05) is 12.1 Å². The number of hydrogen-bond donors (Lipinski definition) is 2. The Morgan fingerprint density at radius 2 is 2.32 bits per heavy atom. The number of halogens is 1. The first kappa shape index (κ1) is 14.2. The van der Waals surface area contributed by atoms with Crippen molar-refractivity contribution in [1.82, 2.24) is 5.32 Å². The molecule has 1 saturated carbocycles. The number of primary amides is 1. The van der Waals surface area contributed by atoms with Gasteiger partial charge in [-0.2, -0.15) is 0 Å². The molecule has 5 heteroatoms. The number of rotatable bonds is 7. The summed E-state index contributed by atoms with van der Waals surface area (Å²) in [7, 11) is 0. The number of ether oxygens (including phenoxy) is 1. The number of para-hydroxylation sites is 1. The molecule has 0 spiro atoms. The van der Waals surface area contributed by atoms with Gasteiger partial charge in [-0.15, -0.1) is 0 Å². The van der Waals surface area contributed by atoms with Crippen molar-refractivity contribution in [2.45, 2.75) is 32.4 Å². The van der Waals surface area contributed by atoms with Crippen molar-refractivity contribution in [2.75, 3.05) is 6.61 Å². The Bertz CT molecular complexity index is 461. The highest BCUT2D eigenvalue weighted by Gasteiger charge is 2.21. The van der Waals surface area contributed by atoms with E-state index in [0.29, 0.717) is 16.8 Å². The zero-order valence-electron chi connectivity index (χ0n) is 11.0. The molecule has 3 N–H and O–H groups in total. The van der Waals surface area contributed by atoms with Crippen molar-refractivity contribution in [3.63, 3.8) is 0 Å². The van der Waals surface area contributed by atoms with E-state index in [1.165, 1.54) is 12.8 Å². The molecule has 2 rings (SSSR count). The number of carbonyl (C=O) groups excluding carboxylic acids is 1. The van der Waals surface area contributed by atoms with Gasteiger partial charge in [0.2, 0.25) is 5.91 Å². The largest absolute Gasteiger partial charge is 0.491 e. The van der Waals surface area contributed by atoms with Crippen molar-refractivity contribution in [3.8, 4) is 5.75 Å². The average Bonchev–Trinajstić information content (AvgIpc) is 3.18. The van der Waals surface area contributed by atoms with Gasteiger partial charge in [0.15, 0.2) is 0 Å². The van der Waals surface area contributed by atoms with E-state index < -0.39 is 0 Å². The fraction of sp³-hybridized carbons (Fsp3) is 0.500. The number of benzene rings is 1. The highest BCUT2D eigenvalue weighted by atomic mass is 35.5. The maximum Gasteiger partial charge on any atom is 0.223 e. The highest BCUT2D eigenvalue weighted by Crippen LogP contribution is 2.30. The molecule has 0 aliphatic heterocycles. The molecule has 1 unspecified atom stereocenters. The average molecular weight is 283 g/mol. The molecule has 19 heavy (non-hydrogen) atoms. The number of amides is 1. The lowest BCUT2D eigenvalue weighted by Crippen LogP contribution is -2.26. The van der Waals surface area contributed by atoms with Gasteiger partial charge >= 0.3 is 0 Å². The fourth-order valence-corrected chi connectivity index (χ4v) is 1.94. The molecule has 0 radical (unpaired) electrons. The summed E-state index contributed by atoms with van der Waals surface area (Å²) in [5.74, 6) is -0.0596. The van der Waals surface area contributed by atoms with Crippen LogP contribution in [0.2, 0.25) is 5.02 Å². The summed E-state index contributed by atoms with van der Waals surface area (Å²) in [6.07, 6.45) is 2.46. The zero-order chi connectivity index (χ0) is 13.8. The summed E-state index contributed by atoms with van der Waals surface area (Å²) in [6.45, 7) is 2.71. The molecule has 1 fully saturated rings. The van der Waals surface area contributed by atoms with Gasteiger partial charge in [-0.1, -0.05) is 30.7 Å². The molecule has 1 aliphatic carbocycles. The minimum Gasteiger partial charge on any atom is -0.491 e. The van der Waals surface area contributed by atoms with Gasteiger partial charge in [0.25, 0.3) is 0 Å². The van der Waals surface area contributed by atoms with Crippen molar-refractivity contribution in [1.29, 1.82) is 0 Å². The van der Waals surface area contributed by atoms with Crippen LogP contribution < -0.4 is 15.8 Å². The quantitative estimate of drug-likeness (QED) is 0.805. The first-order valence-electron chi connectivity index (χ1n) is 6.51. The van der Waals surface area contributed by atoms with E-state index in [2.05, 4.69) is 5.32 Å². The van der Waals surface area contributed by atoms with Crippen LogP contribution in [-0.2, 0) is 11.3 Å². The van der Waals surface area contributed by atoms with Crippen LogP contribution in [0.5, 0.6) is 5.75 Å². The topological polar surface area (TPSA) is 64.3 Å². The molecule has 1 aromatic rings. The number of hydrogen-bond acceptors (Lipinski definition) is 3. The predicted molar refractivity (Wildman–Crippen MR) is 75.2 cm³/mol. The van der Waals surface area contributed by atoms with Crippen LogP contribution in [0.3, 0.4) is 0 Å². The molecule has 0 heterocycles. The minimum absolute atomic E-state index is 0.246. The number of nitrogens with one attached hydrogen (secondary N) is 1. The zero-order valence-corrected chi connectivity index (χ0v) is 11.7. The Labute approximate surface area is 118 Å². The first-order valence-corrected chi connectivity index (χ1v) is 6.88. The summed E-state index contributed by atoms with van der Waals surface area (Å²) in [5.41, 5.74) is 6.23. The smallest absolute Gasteiger partial charge is 0.223 e. The Balaban J connectivity index is 2.01. The Hall–Kier alpha value is -1.26. The molecule has 104 valence electrons. The van der Waals surface area contributed by atoms with E-state index in [4.69, 9.17) is 22.1 Å². The van der Waals surface area contributed by atoms with Crippen LogP contribution >= 0.6 is 11.6 Å². The number of carbonyl (C=O) groups is 1. The van der Waals surface area contributed by atoms with Gasteiger partial charge in [-0.3, -0.25) is 4.79 Å². The van der Waals surface area contributed by atoms with Crippen LogP contribution in [0.25, 0.3) is 0 Å². The standard InChI is InChI=1S/C14H19ClN2O2/c1-9(14(16)18)8-19-13-10(3-2-4-12(13)15)7-17-11-5-6-11/h2-4,9,11,17H,5-8H2,1H3,(H2,16,18). The summed E-state index contributed by atoms with van der Waals surface area (Å²) in [5, 5.41) is 3.98. The second-order valence-corrected chi connectivity index (χ2v) is 5.40. The molecular weight excluding hydrogens is 264 g/mol. The van der Waals surface area contributed by atoms with Crippen LogP contribution in [0, 0.1) is 5.92 Å². The Morgan fingerprint density at radius 3 is 2.95 bits per heavy atom. The molecule has 0 bridgehead atoms. The molecule has 1 atom stereocenters. The molecule has 1 aliphatic rings. The monoisotopic (exact) mass is 282 g/mol. The van der Waals surface area contributed by atoms with E-state index in [1.54, 1.807) is 13.0 Å². The molecular formula is C14H19ClN2O2. The van der Waals surface area contributed by atoms with Gasteiger partial charge in [0.1, 0.15) is 5.75 Å². The van der Waals surface area contributed by atoms with Crippen LogP contribution in [-0.4, -0.2) is 18.6 Å². The van der Waals surface area contributed by atoms with Crippen LogP contribution in [0.4, 0.5) is 0 Å². The minimum atomic E-state index is -0.371. The van der Waals surface area contributed by atoms with Gasteiger partial charge in [0.05, 0.1) is 17.5 Å². The molecule has 1 amide bonds. The third-order valence-corrected chi connectivity index (χ3v) is 3.47. The highest BCUT2D eigenvalue weighted by molar-refractivity contribution is 6.32. The lowest BCUT2D eigenvalue weighted by atomic mass is 10.1. The Kier molecular flexibility index (Phi) is 4.66. The van der Waals surface area contributed by atoms with E-state index in [0.717, 1.165) is 12.1 Å². The number of nitrogens with two attached hydrogens (primary N) is 1. The normalized spacial score (nSPS) is 16.1. The fourth-order valence-electron chi connectivity index (χ4n) is 1.69. The van der Waals surface area contributed by atoms with E-state index in [9.17, 15) is 4.79 Å². The summed E-state index contributed by atoms with van der Waals surface area (Å²) < 4.78 is 5.67. The first-order chi connectivity index (χ1) is 9.08. The van der Waals surface area contributed by atoms with Crippen LogP contribution in [0.15, 0.2) is 18.2 Å². The molecule has 0 aromatic heterocycles. The van der Waals surface area contributed by atoms with Gasteiger partial charge in [-0.25, -0.2) is 0 Å². The van der Waals surface area contributed by atoms with Gasteiger partial charge < -0.3 is 15.8 Å². The van der Waals surface area contributed by atoms with Crippen LogP contribution in [0.1, 0.15) is 25.3 Å². The maximum atomic E-state index is 11.0. The predicted octanol–water partition coefficient (Wildman–Crippen LogP) is 2.09. The summed E-state index contributed by atoms with van der Waals surface area (Å²) >= 11 is 6.15.